The van der Waals surface area contributed by atoms with Crippen LogP contribution in [0.1, 0.15) is 0 Å². The molecular weight excluding hydrogens is 743 g/mol. The summed E-state index contributed by atoms with van der Waals surface area (Å²) in [5.41, 5.74) is 12.8. The highest BCUT2D eigenvalue weighted by Crippen LogP contribution is 2.47. The predicted octanol–water partition coefficient (Wildman–Crippen LogP) is 15.2. The van der Waals surface area contributed by atoms with E-state index < -0.39 is 0 Å². The maximum atomic E-state index is 14.1. The third-order valence-electron chi connectivity index (χ3n) is 12.4. The molecule has 9 aromatic carbocycles. The molecule has 0 unspecified atom stereocenters. The summed E-state index contributed by atoms with van der Waals surface area (Å²) in [6, 6.07) is 65.3. The van der Waals surface area contributed by atoms with Gasteiger partial charge < -0.3 is 18.6 Å². The first kappa shape index (κ1) is 33.1. The molecule has 0 radical (unpaired) electrons. The minimum atomic E-state index is -0.259. The Labute approximate surface area is 342 Å². The molecular formula is C54H32F2N4. The smallest absolute Gasteiger partial charge is 0.123 e. The first-order valence-corrected chi connectivity index (χ1v) is 20.1. The second-order valence-electron chi connectivity index (χ2n) is 15.7. The van der Waals surface area contributed by atoms with Gasteiger partial charge in [-0.15, -0.1) is 0 Å². The van der Waals surface area contributed by atoms with Crippen molar-refractivity contribution in [2.24, 2.45) is 0 Å². The number of rotatable bonds is 6. The molecule has 0 saturated carbocycles. The Kier molecular flexibility index (Phi) is 6.76. The third-order valence-corrected chi connectivity index (χ3v) is 12.4. The molecule has 0 fully saturated rings. The molecule has 4 aromatic heterocycles. The van der Waals surface area contributed by atoms with E-state index in [9.17, 15) is 8.78 Å². The van der Waals surface area contributed by atoms with Gasteiger partial charge in [0.25, 0.3) is 0 Å². The van der Waals surface area contributed by atoms with E-state index in [1.54, 1.807) is 0 Å². The van der Waals surface area contributed by atoms with Gasteiger partial charge in [-0.3, -0.25) is 0 Å². The molecule has 60 heavy (non-hydrogen) atoms. The highest BCUT2D eigenvalue weighted by Gasteiger charge is 2.24. The first-order chi connectivity index (χ1) is 29.6. The van der Waals surface area contributed by atoms with Crippen molar-refractivity contribution in [3.63, 3.8) is 0 Å². The first-order valence-electron chi connectivity index (χ1n) is 20.1. The van der Waals surface area contributed by atoms with Crippen molar-refractivity contribution in [3.05, 3.63) is 206 Å². The van der Waals surface area contributed by atoms with E-state index in [0.717, 1.165) is 45.2 Å². The van der Waals surface area contributed by atoms with Crippen LogP contribution in [0.5, 0.6) is 0 Å². The molecule has 6 heteroatoms. The highest BCUT2D eigenvalue weighted by molar-refractivity contribution is 6.29. The Bertz CT molecular complexity index is 3530. The molecule has 0 aliphatic heterocycles. The minimum Gasteiger partial charge on any atom is -0.310 e. The molecule has 282 valence electrons. The number of nitrogens with zero attached hydrogens (tertiary/aromatic N) is 4. The number of aromatic nitrogens is 2. The fourth-order valence-electron chi connectivity index (χ4n) is 9.93. The van der Waals surface area contributed by atoms with Crippen LogP contribution in [-0.4, -0.2) is 8.80 Å². The van der Waals surface area contributed by atoms with Crippen molar-refractivity contribution in [2.45, 2.75) is 0 Å². The summed E-state index contributed by atoms with van der Waals surface area (Å²) in [6.45, 7) is 0. The zero-order valence-corrected chi connectivity index (χ0v) is 32.0. The van der Waals surface area contributed by atoms with Crippen molar-refractivity contribution in [1.82, 2.24) is 8.80 Å². The monoisotopic (exact) mass is 774 g/mol. The van der Waals surface area contributed by atoms with Crippen LogP contribution in [0.3, 0.4) is 0 Å². The molecule has 0 saturated heterocycles. The number of benzene rings is 9. The lowest BCUT2D eigenvalue weighted by atomic mass is 10.0. The summed E-state index contributed by atoms with van der Waals surface area (Å²) in [5.74, 6) is -0.518. The van der Waals surface area contributed by atoms with Crippen molar-refractivity contribution >= 4 is 110 Å². The van der Waals surface area contributed by atoms with E-state index in [1.165, 1.54) is 89.4 Å². The summed E-state index contributed by atoms with van der Waals surface area (Å²) in [5, 5.41) is 9.57. The Morgan fingerprint density at radius 1 is 0.267 bits per heavy atom. The summed E-state index contributed by atoms with van der Waals surface area (Å²) in [4.78, 5) is 4.37. The van der Waals surface area contributed by atoms with Crippen LogP contribution in [-0.2, 0) is 0 Å². The summed E-state index contributed by atoms with van der Waals surface area (Å²) >= 11 is 0. The highest BCUT2D eigenvalue weighted by atomic mass is 19.1. The molecule has 0 atom stereocenters. The summed E-state index contributed by atoms with van der Waals surface area (Å²) in [7, 11) is 0. The number of fused-ring (bicyclic) bond motifs is 12. The van der Waals surface area contributed by atoms with Gasteiger partial charge in [-0.2, -0.15) is 0 Å². The lowest BCUT2D eigenvalue weighted by molar-refractivity contribution is 0.627. The number of hydrogen-bond donors (Lipinski definition) is 0. The van der Waals surface area contributed by atoms with Crippen LogP contribution >= 0.6 is 0 Å². The number of anilines is 6. The molecule has 4 heterocycles. The lowest BCUT2D eigenvalue weighted by Crippen LogP contribution is -2.09. The molecule has 0 N–H and O–H groups in total. The van der Waals surface area contributed by atoms with Gasteiger partial charge in [0, 0.05) is 77.2 Å². The number of hydrogen-bond acceptors (Lipinski definition) is 2. The zero-order valence-electron chi connectivity index (χ0n) is 32.0. The minimum absolute atomic E-state index is 0.259. The van der Waals surface area contributed by atoms with Gasteiger partial charge >= 0.3 is 0 Å². The quantitative estimate of drug-likeness (QED) is 0.167. The van der Waals surface area contributed by atoms with Crippen molar-refractivity contribution in [2.75, 3.05) is 9.80 Å². The Hall–Kier alpha value is -7.96. The van der Waals surface area contributed by atoms with Crippen LogP contribution in [0.2, 0.25) is 0 Å². The second-order valence-corrected chi connectivity index (χ2v) is 15.7. The van der Waals surface area contributed by atoms with Crippen molar-refractivity contribution in [3.8, 4) is 0 Å². The van der Waals surface area contributed by atoms with Gasteiger partial charge in [-0.05, 0) is 121 Å². The second kappa shape index (κ2) is 12.3. The largest absolute Gasteiger partial charge is 0.310 e. The number of halogens is 2. The van der Waals surface area contributed by atoms with Crippen LogP contribution in [0.4, 0.5) is 42.9 Å². The average molecular weight is 775 g/mol. The maximum Gasteiger partial charge on any atom is 0.123 e. The van der Waals surface area contributed by atoms with E-state index in [2.05, 4.69) is 128 Å². The lowest BCUT2D eigenvalue weighted by Gasteiger charge is -2.25. The third kappa shape index (κ3) is 4.58. The van der Waals surface area contributed by atoms with Gasteiger partial charge in [0.2, 0.25) is 0 Å². The fourth-order valence-corrected chi connectivity index (χ4v) is 9.93. The van der Waals surface area contributed by atoms with Crippen LogP contribution < -0.4 is 9.80 Å². The van der Waals surface area contributed by atoms with Gasteiger partial charge in [-0.25, -0.2) is 8.78 Å². The molecule has 0 aliphatic rings. The molecule has 0 bridgehead atoms. The molecule has 13 rings (SSSR count). The van der Waals surface area contributed by atoms with Crippen LogP contribution in [0, 0.1) is 11.6 Å². The van der Waals surface area contributed by atoms with Crippen LogP contribution in [0.25, 0.3) is 76.2 Å². The maximum absolute atomic E-state index is 14.1. The van der Waals surface area contributed by atoms with Gasteiger partial charge in [-0.1, -0.05) is 72.8 Å². The fraction of sp³-hybridized carbons (Fsp3) is 0. The zero-order chi connectivity index (χ0) is 39.6. The van der Waals surface area contributed by atoms with Gasteiger partial charge in [0.05, 0.1) is 33.1 Å². The van der Waals surface area contributed by atoms with E-state index in [-0.39, 0.29) is 11.6 Å². The normalized spacial score (nSPS) is 12.2. The van der Waals surface area contributed by atoms with E-state index in [0.29, 0.717) is 0 Å². The molecule has 0 aliphatic carbocycles. The van der Waals surface area contributed by atoms with Crippen molar-refractivity contribution < 1.29 is 8.78 Å². The van der Waals surface area contributed by atoms with Gasteiger partial charge in [0.1, 0.15) is 11.6 Å². The molecule has 13 aromatic rings. The standard InChI is InChI=1S/C54H32F2N4/c55-33-17-21-37(22-18-33)57(35-9-3-1-4-10-35)39-25-27-49-45(29-39)41-13-7-15-43-47-32-52-48(31-51(47)59(49)53(41)43)44-16-8-14-42-46-30-40(26-28-50(46)60(52)54(42)44)58(36-11-5-2-6-12-36)38-23-19-34(56)20-24-38/h1-32H. The van der Waals surface area contributed by atoms with Crippen LogP contribution in [0.15, 0.2) is 194 Å². The van der Waals surface area contributed by atoms with Crippen molar-refractivity contribution in [1.29, 1.82) is 0 Å². The van der Waals surface area contributed by atoms with E-state index in [1.807, 2.05) is 60.7 Å². The molecule has 0 amide bonds. The van der Waals surface area contributed by atoms with Gasteiger partial charge in [0.15, 0.2) is 0 Å². The molecule has 0 spiro atoms. The Balaban J connectivity index is 1.02. The topological polar surface area (TPSA) is 15.3 Å². The average Bonchev–Trinajstić information content (AvgIpc) is 4.01. The van der Waals surface area contributed by atoms with E-state index >= 15 is 0 Å². The predicted molar refractivity (Wildman–Crippen MR) is 245 cm³/mol. The Morgan fingerprint density at radius 2 is 0.600 bits per heavy atom. The molecule has 4 nitrogen and oxygen atoms in total. The summed E-state index contributed by atoms with van der Waals surface area (Å²) in [6.07, 6.45) is 0. The van der Waals surface area contributed by atoms with E-state index in [4.69, 9.17) is 0 Å². The Morgan fingerprint density at radius 3 is 0.983 bits per heavy atom. The number of para-hydroxylation sites is 4. The summed E-state index contributed by atoms with van der Waals surface area (Å²) < 4.78 is 33.1. The SMILES string of the molecule is Fc1ccc(N(c2ccccc2)c2ccc3c(c2)c2cccc4c5cc6c(cc5n3c24)c2cccc3c4cc(N(c5ccccc5)c5ccc(F)cc5)ccc4n6c32)cc1.